The van der Waals surface area contributed by atoms with E-state index in [-0.39, 0.29) is 5.91 Å². The molecule has 0 aliphatic carbocycles. The van der Waals surface area contributed by atoms with Gasteiger partial charge >= 0.3 is 0 Å². The molecule has 0 spiro atoms. The Morgan fingerprint density at radius 1 is 1.11 bits per heavy atom. The first kappa shape index (κ1) is 18.4. The Bertz CT molecular complexity index is 963. The Morgan fingerprint density at radius 3 is 2.54 bits per heavy atom. The van der Waals surface area contributed by atoms with E-state index in [0.717, 1.165) is 35.2 Å². The molecule has 1 saturated heterocycles. The van der Waals surface area contributed by atoms with Crippen LogP contribution in [0.4, 0.5) is 5.82 Å². The number of ether oxygens (including phenoxy) is 1. The van der Waals surface area contributed by atoms with Gasteiger partial charge < -0.3 is 14.5 Å². The maximum absolute atomic E-state index is 12.8. The number of para-hydroxylation sites is 1. The summed E-state index contributed by atoms with van der Waals surface area (Å²) in [4.78, 5) is 26.0. The van der Waals surface area contributed by atoms with Crippen molar-refractivity contribution in [3.8, 4) is 16.3 Å². The standard InChI is InChI=1S/C21H22N4O2S/c1-15-14-28-20(23-15)16-7-8-19(22-13-16)24-9-11-25(12-10-24)21(26)17-5-3-4-6-18(17)27-2/h3-8,13-14H,9-12H2,1-2H3. The first-order valence-electron chi connectivity index (χ1n) is 9.21. The SMILES string of the molecule is COc1ccccc1C(=O)N1CCN(c2ccc(-c3nc(C)cs3)cn2)CC1. The molecule has 28 heavy (non-hydrogen) atoms. The van der Waals surface area contributed by atoms with Crippen LogP contribution in [-0.2, 0) is 0 Å². The number of aryl methyl sites for hydroxylation is 1. The van der Waals surface area contributed by atoms with Crippen LogP contribution in [0.2, 0.25) is 0 Å². The predicted molar refractivity (Wildman–Crippen MR) is 111 cm³/mol. The summed E-state index contributed by atoms with van der Waals surface area (Å²) >= 11 is 1.63. The fraction of sp³-hybridized carbons (Fsp3) is 0.286. The smallest absolute Gasteiger partial charge is 0.257 e. The van der Waals surface area contributed by atoms with Crippen molar-refractivity contribution in [1.29, 1.82) is 0 Å². The van der Waals surface area contributed by atoms with Gasteiger partial charge in [-0.1, -0.05) is 12.1 Å². The largest absolute Gasteiger partial charge is 0.496 e. The number of nitrogens with zero attached hydrogens (tertiary/aromatic N) is 4. The number of hydrogen-bond acceptors (Lipinski definition) is 6. The number of anilines is 1. The molecule has 1 aromatic carbocycles. The van der Waals surface area contributed by atoms with Crippen molar-refractivity contribution < 1.29 is 9.53 Å². The van der Waals surface area contributed by atoms with Crippen molar-refractivity contribution >= 4 is 23.1 Å². The van der Waals surface area contributed by atoms with Gasteiger partial charge in [-0.25, -0.2) is 9.97 Å². The second-order valence-electron chi connectivity index (χ2n) is 6.68. The minimum absolute atomic E-state index is 0.0135. The third-order valence-electron chi connectivity index (χ3n) is 4.84. The molecule has 0 radical (unpaired) electrons. The van der Waals surface area contributed by atoms with Gasteiger partial charge in [-0.3, -0.25) is 4.79 Å². The average molecular weight is 395 g/mol. The maximum atomic E-state index is 12.8. The first-order valence-corrected chi connectivity index (χ1v) is 10.1. The van der Waals surface area contributed by atoms with E-state index in [0.29, 0.717) is 24.4 Å². The van der Waals surface area contributed by atoms with Crippen LogP contribution in [0.1, 0.15) is 16.1 Å². The normalized spacial score (nSPS) is 14.2. The van der Waals surface area contributed by atoms with Gasteiger partial charge in [-0.15, -0.1) is 11.3 Å². The van der Waals surface area contributed by atoms with E-state index in [1.165, 1.54) is 0 Å². The number of pyridine rings is 1. The number of carbonyl (C=O) groups excluding carboxylic acids is 1. The van der Waals surface area contributed by atoms with E-state index in [1.807, 2.05) is 53.7 Å². The quantitative estimate of drug-likeness (QED) is 0.678. The van der Waals surface area contributed by atoms with Gasteiger partial charge in [0.05, 0.1) is 12.7 Å². The molecular formula is C21H22N4O2S. The Morgan fingerprint density at radius 2 is 1.89 bits per heavy atom. The molecule has 0 atom stereocenters. The number of carbonyl (C=O) groups is 1. The highest BCUT2D eigenvalue weighted by Crippen LogP contribution is 2.25. The number of rotatable bonds is 4. The molecule has 3 aromatic rings. The molecule has 4 rings (SSSR count). The van der Waals surface area contributed by atoms with Gasteiger partial charge in [-0.2, -0.15) is 0 Å². The van der Waals surface area contributed by atoms with E-state index in [1.54, 1.807) is 18.4 Å². The van der Waals surface area contributed by atoms with E-state index < -0.39 is 0 Å². The minimum Gasteiger partial charge on any atom is -0.496 e. The van der Waals surface area contributed by atoms with Crippen LogP contribution in [0.25, 0.3) is 10.6 Å². The topological polar surface area (TPSA) is 58.6 Å². The van der Waals surface area contributed by atoms with Gasteiger partial charge in [0.25, 0.3) is 5.91 Å². The van der Waals surface area contributed by atoms with Crippen molar-refractivity contribution in [2.75, 3.05) is 38.2 Å². The average Bonchev–Trinajstić information content (AvgIpc) is 3.20. The van der Waals surface area contributed by atoms with Crippen LogP contribution >= 0.6 is 11.3 Å². The molecule has 144 valence electrons. The monoisotopic (exact) mass is 394 g/mol. The van der Waals surface area contributed by atoms with Gasteiger partial charge in [0, 0.05) is 49.0 Å². The van der Waals surface area contributed by atoms with Crippen molar-refractivity contribution in [3.63, 3.8) is 0 Å². The molecule has 3 heterocycles. The molecule has 0 bridgehead atoms. The summed E-state index contributed by atoms with van der Waals surface area (Å²) in [6.45, 7) is 4.82. The van der Waals surface area contributed by atoms with Gasteiger partial charge in [0.1, 0.15) is 16.6 Å². The predicted octanol–water partition coefficient (Wildman–Crippen LogP) is 3.48. The van der Waals surface area contributed by atoms with E-state index in [9.17, 15) is 4.79 Å². The zero-order valence-corrected chi connectivity index (χ0v) is 16.8. The highest BCUT2D eigenvalue weighted by molar-refractivity contribution is 7.13. The summed E-state index contributed by atoms with van der Waals surface area (Å²) in [5.41, 5.74) is 2.67. The molecular weight excluding hydrogens is 372 g/mol. The Hall–Kier alpha value is -2.93. The first-order chi connectivity index (χ1) is 13.7. The molecule has 0 unspecified atom stereocenters. The van der Waals surface area contributed by atoms with Crippen LogP contribution in [0, 0.1) is 6.92 Å². The van der Waals surface area contributed by atoms with Crippen molar-refractivity contribution in [3.05, 3.63) is 59.2 Å². The van der Waals surface area contributed by atoms with Gasteiger partial charge in [0.15, 0.2) is 0 Å². The van der Waals surface area contributed by atoms with Crippen LogP contribution in [0.5, 0.6) is 5.75 Å². The summed E-state index contributed by atoms with van der Waals surface area (Å²) in [7, 11) is 1.59. The number of thiazole rings is 1. The van der Waals surface area contributed by atoms with Gasteiger partial charge in [-0.05, 0) is 31.2 Å². The molecule has 2 aromatic heterocycles. The molecule has 7 heteroatoms. The summed E-state index contributed by atoms with van der Waals surface area (Å²) in [6.07, 6.45) is 1.87. The van der Waals surface area contributed by atoms with Crippen LogP contribution in [0.3, 0.4) is 0 Å². The lowest BCUT2D eigenvalue weighted by atomic mass is 10.1. The zero-order chi connectivity index (χ0) is 19.5. The van der Waals surface area contributed by atoms with Gasteiger partial charge in [0.2, 0.25) is 0 Å². The van der Waals surface area contributed by atoms with Crippen LogP contribution in [0.15, 0.2) is 48.0 Å². The second-order valence-corrected chi connectivity index (χ2v) is 7.54. The second kappa shape index (κ2) is 7.98. The Labute approximate surface area is 168 Å². The number of amides is 1. The molecule has 1 fully saturated rings. The number of aromatic nitrogens is 2. The van der Waals surface area contributed by atoms with Crippen molar-refractivity contribution in [1.82, 2.24) is 14.9 Å². The van der Waals surface area contributed by atoms with Crippen molar-refractivity contribution in [2.24, 2.45) is 0 Å². The maximum Gasteiger partial charge on any atom is 0.257 e. The van der Waals surface area contributed by atoms with E-state index >= 15 is 0 Å². The van der Waals surface area contributed by atoms with Crippen molar-refractivity contribution in [2.45, 2.75) is 6.92 Å². The molecule has 0 N–H and O–H groups in total. The highest BCUT2D eigenvalue weighted by Gasteiger charge is 2.24. The highest BCUT2D eigenvalue weighted by atomic mass is 32.1. The van der Waals surface area contributed by atoms with Crippen LogP contribution < -0.4 is 9.64 Å². The fourth-order valence-electron chi connectivity index (χ4n) is 3.32. The number of hydrogen-bond donors (Lipinski definition) is 0. The Balaban J connectivity index is 1.40. The zero-order valence-electron chi connectivity index (χ0n) is 16.0. The molecule has 1 aliphatic rings. The minimum atomic E-state index is 0.0135. The summed E-state index contributed by atoms with van der Waals surface area (Å²) < 4.78 is 5.32. The molecule has 6 nitrogen and oxygen atoms in total. The lowest BCUT2D eigenvalue weighted by Gasteiger charge is -2.35. The number of piperazine rings is 1. The summed E-state index contributed by atoms with van der Waals surface area (Å²) in [5.74, 6) is 1.56. The molecule has 1 amide bonds. The molecule has 0 saturated carbocycles. The third kappa shape index (κ3) is 3.71. The fourth-order valence-corrected chi connectivity index (χ4v) is 4.10. The lowest BCUT2D eigenvalue weighted by Crippen LogP contribution is -2.49. The molecule has 1 aliphatic heterocycles. The van der Waals surface area contributed by atoms with E-state index in [4.69, 9.17) is 4.74 Å². The Kier molecular flexibility index (Phi) is 5.25. The number of benzene rings is 1. The summed E-state index contributed by atoms with van der Waals surface area (Å²) in [6, 6.07) is 11.5. The summed E-state index contributed by atoms with van der Waals surface area (Å²) in [5, 5.41) is 3.03. The third-order valence-corrected chi connectivity index (χ3v) is 5.85. The van der Waals surface area contributed by atoms with E-state index in [2.05, 4.69) is 20.9 Å². The van der Waals surface area contributed by atoms with Crippen LogP contribution in [-0.4, -0.2) is 54.1 Å². The number of methoxy groups -OCH3 is 1. The lowest BCUT2D eigenvalue weighted by molar-refractivity contribution is 0.0743.